The molecular formula is C26H31N3O5. The molecule has 3 aromatic rings. The summed E-state index contributed by atoms with van der Waals surface area (Å²) < 4.78 is 12.1. The second-order valence-corrected chi connectivity index (χ2v) is 9.04. The van der Waals surface area contributed by atoms with Gasteiger partial charge in [-0.05, 0) is 36.0 Å². The topological polar surface area (TPSA) is 103 Å². The Hall–Kier alpha value is -3.68. The van der Waals surface area contributed by atoms with E-state index in [1.165, 1.54) is 0 Å². The van der Waals surface area contributed by atoms with Gasteiger partial charge in [0, 0.05) is 0 Å². The van der Waals surface area contributed by atoms with E-state index in [9.17, 15) is 14.4 Å². The van der Waals surface area contributed by atoms with Crippen LogP contribution in [0.5, 0.6) is 5.75 Å². The summed E-state index contributed by atoms with van der Waals surface area (Å²) >= 11 is 0. The van der Waals surface area contributed by atoms with Gasteiger partial charge >= 0.3 is 5.76 Å². The molecule has 1 heterocycles. The Kier molecular flexibility index (Phi) is 8.40. The molecule has 0 saturated heterocycles. The number of Topliss-reactive ketones (excluding diaryl/α,β-unsaturated/α-hetero) is 1. The smallest absolute Gasteiger partial charge is 0.437 e. The van der Waals surface area contributed by atoms with Crippen molar-refractivity contribution in [2.45, 2.75) is 53.3 Å². The molecular weight excluding hydrogens is 434 g/mol. The lowest BCUT2D eigenvalue weighted by atomic mass is 9.99. The molecule has 34 heavy (non-hydrogen) atoms. The van der Waals surface area contributed by atoms with Crippen molar-refractivity contribution in [3.63, 3.8) is 0 Å². The van der Waals surface area contributed by atoms with Crippen LogP contribution in [0.2, 0.25) is 0 Å². The third-order valence-corrected chi connectivity index (χ3v) is 5.05. The van der Waals surface area contributed by atoms with Crippen LogP contribution in [0.1, 0.15) is 60.7 Å². The predicted molar refractivity (Wildman–Crippen MR) is 128 cm³/mol. The van der Waals surface area contributed by atoms with Gasteiger partial charge in [0.05, 0.1) is 18.2 Å². The summed E-state index contributed by atoms with van der Waals surface area (Å²) in [5.74, 6) is -1.31. The normalized spacial score (nSPS) is 12.1. The van der Waals surface area contributed by atoms with Crippen LogP contribution in [0.25, 0.3) is 0 Å². The summed E-state index contributed by atoms with van der Waals surface area (Å²) in [6.07, 6.45) is 0.359. The summed E-state index contributed by atoms with van der Waals surface area (Å²) in [5, 5.41) is 6.84. The Bertz CT molecular complexity index is 1160. The van der Waals surface area contributed by atoms with E-state index in [0.29, 0.717) is 30.9 Å². The summed E-state index contributed by atoms with van der Waals surface area (Å²) in [7, 11) is 0. The van der Waals surface area contributed by atoms with E-state index in [1.807, 2.05) is 58.0 Å². The lowest BCUT2D eigenvalue weighted by molar-refractivity contribution is 0.0822. The minimum atomic E-state index is -0.903. The van der Waals surface area contributed by atoms with E-state index in [4.69, 9.17) is 9.15 Å². The molecule has 1 unspecified atom stereocenters. The fourth-order valence-electron chi connectivity index (χ4n) is 3.47. The first-order chi connectivity index (χ1) is 16.2. The molecule has 2 aromatic carbocycles. The average molecular weight is 466 g/mol. The number of amides is 1. The van der Waals surface area contributed by atoms with Gasteiger partial charge in [-0.2, -0.15) is 4.68 Å². The number of nitrogens with one attached hydrogen (secondary N) is 1. The third-order valence-electron chi connectivity index (χ3n) is 5.05. The van der Waals surface area contributed by atoms with E-state index >= 15 is 0 Å². The van der Waals surface area contributed by atoms with Crippen LogP contribution in [0.15, 0.2) is 63.8 Å². The maximum Gasteiger partial charge on any atom is 0.437 e. The van der Waals surface area contributed by atoms with Crippen molar-refractivity contribution in [1.82, 2.24) is 15.1 Å². The highest BCUT2D eigenvalue weighted by molar-refractivity contribution is 6.03. The van der Waals surface area contributed by atoms with E-state index in [1.54, 1.807) is 24.3 Å². The standard InChI is InChI=1S/C26H31N3O5/c1-17(2)14-21(23(30)25-28-29(15-18(3)4)26(32)34-25)27-24(31)20-12-8-9-13-22(20)33-16-19-10-6-5-7-11-19/h5-13,17-18,21H,14-16H2,1-4H3,(H,27,31). The summed E-state index contributed by atoms with van der Waals surface area (Å²) in [4.78, 5) is 38.4. The molecule has 8 nitrogen and oxygen atoms in total. The molecule has 180 valence electrons. The third kappa shape index (κ3) is 6.66. The van der Waals surface area contributed by atoms with Crippen molar-refractivity contribution >= 4 is 11.7 Å². The van der Waals surface area contributed by atoms with Crippen LogP contribution in [0.3, 0.4) is 0 Å². The van der Waals surface area contributed by atoms with Gasteiger partial charge in [-0.1, -0.05) is 70.2 Å². The highest BCUT2D eigenvalue weighted by Crippen LogP contribution is 2.20. The molecule has 1 atom stereocenters. The van der Waals surface area contributed by atoms with Crippen molar-refractivity contribution in [1.29, 1.82) is 0 Å². The summed E-state index contributed by atoms with van der Waals surface area (Å²) in [5.41, 5.74) is 1.28. The second kappa shape index (κ2) is 11.4. The number of hydrogen-bond donors (Lipinski definition) is 1. The van der Waals surface area contributed by atoms with Gasteiger partial charge in [-0.25, -0.2) is 4.79 Å². The van der Waals surface area contributed by atoms with Gasteiger partial charge in [-0.3, -0.25) is 9.59 Å². The van der Waals surface area contributed by atoms with E-state index in [-0.39, 0.29) is 17.7 Å². The molecule has 1 aromatic heterocycles. The van der Waals surface area contributed by atoms with Crippen molar-refractivity contribution in [2.75, 3.05) is 0 Å². The molecule has 0 aliphatic carbocycles. The van der Waals surface area contributed by atoms with Crippen molar-refractivity contribution in [3.05, 3.63) is 82.2 Å². The predicted octanol–water partition coefficient (Wildman–Crippen LogP) is 4.10. The Morgan fingerprint density at radius 2 is 1.68 bits per heavy atom. The number of ether oxygens (including phenoxy) is 1. The van der Waals surface area contributed by atoms with E-state index < -0.39 is 23.5 Å². The zero-order chi connectivity index (χ0) is 24.7. The maximum atomic E-state index is 13.2. The molecule has 0 saturated carbocycles. The molecule has 3 rings (SSSR count). The molecule has 0 bridgehead atoms. The maximum absolute atomic E-state index is 13.2. The zero-order valence-electron chi connectivity index (χ0n) is 20.0. The number of carbonyl (C=O) groups is 2. The average Bonchev–Trinajstić information content (AvgIpc) is 3.16. The van der Waals surface area contributed by atoms with Crippen LogP contribution in [-0.4, -0.2) is 27.5 Å². The van der Waals surface area contributed by atoms with Crippen molar-refractivity contribution in [3.8, 4) is 5.75 Å². The number of para-hydroxylation sites is 1. The van der Waals surface area contributed by atoms with Gasteiger partial charge in [-0.15, -0.1) is 5.10 Å². The first-order valence-electron chi connectivity index (χ1n) is 11.4. The number of carbonyl (C=O) groups excluding carboxylic acids is 2. The van der Waals surface area contributed by atoms with Gasteiger partial charge in [0.25, 0.3) is 11.8 Å². The van der Waals surface area contributed by atoms with Gasteiger partial charge < -0.3 is 14.5 Å². The van der Waals surface area contributed by atoms with Gasteiger partial charge in [0.2, 0.25) is 5.78 Å². The molecule has 8 heteroatoms. The lowest BCUT2D eigenvalue weighted by Gasteiger charge is -2.19. The molecule has 1 amide bonds. The summed E-state index contributed by atoms with van der Waals surface area (Å²) in [6, 6.07) is 15.6. The minimum Gasteiger partial charge on any atom is -0.488 e. The Morgan fingerprint density at radius 1 is 1.00 bits per heavy atom. The molecule has 0 aliphatic rings. The fourth-order valence-corrected chi connectivity index (χ4v) is 3.47. The van der Waals surface area contributed by atoms with Gasteiger partial charge in [0.1, 0.15) is 12.4 Å². The Labute approximate surface area is 198 Å². The van der Waals surface area contributed by atoms with Crippen LogP contribution in [-0.2, 0) is 13.2 Å². The number of hydrogen-bond acceptors (Lipinski definition) is 6. The quantitative estimate of drug-likeness (QED) is 0.428. The molecule has 0 fully saturated rings. The van der Waals surface area contributed by atoms with Crippen LogP contribution >= 0.6 is 0 Å². The van der Waals surface area contributed by atoms with Crippen LogP contribution < -0.4 is 15.8 Å². The number of nitrogens with zero attached hydrogens (tertiary/aromatic N) is 2. The molecule has 0 aliphatic heterocycles. The monoisotopic (exact) mass is 465 g/mol. The fraction of sp³-hybridized carbons (Fsp3) is 0.385. The van der Waals surface area contributed by atoms with Crippen molar-refractivity contribution < 1.29 is 18.7 Å². The zero-order valence-corrected chi connectivity index (χ0v) is 20.0. The SMILES string of the molecule is CC(C)CC(NC(=O)c1ccccc1OCc1ccccc1)C(=O)c1nn(CC(C)C)c(=O)o1. The number of aromatic nitrogens is 2. The summed E-state index contributed by atoms with van der Waals surface area (Å²) in [6.45, 7) is 8.39. The van der Waals surface area contributed by atoms with E-state index in [2.05, 4.69) is 10.4 Å². The van der Waals surface area contributed by atoms with Gasteiger partial charge in [0.15, 0.2) is 0 Å². The number of ketones is 1. The van der Waals surface area contributed by atoms with Crippen LogP contribution in [0, 0.1) is 11.8 Å². The first-order valence-corrected chi connectivity index (χ1v) is 11.4. The second-order valence-electron chi connectivity index (χ2n) is 9.04. The Balaban J connectivity index is 1.78. The van der Waals surface area contributed by atoms with Crippen LogP contribution in [0.4, 0.5) is 0 Å². The minimum absolute atomic E-state index is 0.100. The largest absolute Gasteiger partial charge is 0.488 e. The highest BCUT2D eigenvalue weighted by atomic mass is 16.5. The first kappa shape index (κ1) is 25.0. The van der Waals surface area contributed by atoms with Crippen molar-refractivity contribution in [2.24, 2.45) is 11.8 Å². The lowest BCUT2D eigenvalue weighted by Crippen LogP contribution is -2.42. The highest BCUT2D eigenvalue weighted by Gasteiger charge is 2.29. The number of benzene rings is 2. The molecule has 0 spiro atoms. The molecule has 0 radical (unpaired) electrons. The van der Waals surface area contributed by atoms with E-state index in [0.717, 1.165) is 10.2 Å². The molecule has 1 N–H and O–H groups in total. The number of rotatable bonds is 11. The Morgan fingerprint density at radius 3 is 2.35 bits per heavy atom.